The summed E-state index contributed by atoms with van der Waals surface area (Å²) in [7, 11) is 0. The lowest BCUT2D eigenvalue weighted by Gasteiger charge is -2.32. The zero-order valence-electron chi connectivity index (χ0n) is 24.9. The van der Waals surface area contributed by atoms with Crippen LogP contribution in [0.5, 0.6) is 11.5 Å². The molecule has 0 bridgehead atoms. The minimum absolute atomic E-state index is 0.173. The minimum atomic E-state index is -0.226. The van der Waals surface area contributed by atoms with E-state index < -0.39 is 0 Å². The number of nitrogens with zero attached hydrogens (tertiary/aromatic N) is 1. The van der Waals surface area contributed by atoms with Crippen LogP contribution in [0.3, 0.4) is 0 Å². The van der Waals surface area contributed by atoms with Crippen LogP contribution in [0.15, 0.2) is 48.5 Å². The van der Waals surface area contributed by atoms with E-state index in [1.165, 1.54) is 43.2 Å². The number of likely N-dealkylation sites (tertiary alicyclic amines) is 1. The highest BCUT2D eigenvalue weighted by molar-refractivity contribution is 5.32. The summed E-state index contributed by atoms with van der Waals surface area (Å²) in [5.41, 5.74) is 3.09. The van der Waals surface area contributed by atoms with E-state index in [1.807, 2.05) is 0 Å². The van der Waals surface area contributed by atoms with Crippen molar-refractivity contribution in [2.24, 2.45) is 0 Å². The van der Waals surface area contributed by atoms with Crippen LogP contribution < -0.4 is 9.47 Å². The lowest BCUT2D eigenvalue weighted by Crippen LogP contribution is -2.41. The second-order valence-electron chi connectivity index (χ2n) is 13.2. The molecule has 2 aromatic carbocycles. The molecule has 0 amide bonds. The second-order valence-corrected chi connectivity index (χ2v) is 13.2. The maximum absolute atomic E-state index is 12.3. The predicted octanol–water partition coefficient (Wildman–Crippen LogP) is 8.88. The van der Waals surface area contributed by atoms with Crippen molar-refractivity contribution >= 4 is 0 Å². The van der Waals surface area contributed by atoms with E-state index in [0.717, 1.165) is 44.0 Å². The Labute approximate surface area is 232 Å². The number of hydrogen-bond acceptors (Lipinski definition) is 3. The molecule has 0 aromatic heterocycles. The summed E-state index contributed by atoms with van der Waals surface area (Å²) in [6.45, 7) is 16.0. The molecule has 38 heavy (non-hydrogen) atoms. The van der Waals surface area contributed by atoms with Crippen molar-refractivity contribution in [1.82, 2.24) is 4.90 Å². The van der Waals surface area contributed by atoms with E-state index in [4.69, 9.17) is 9.47 Å². The summed E-state index contributed by atoms with van der Waals surface area (Å²) < 4.78 is 24.4. The van der Waals surface area contributed by atoms with E-state index in [0.29, 0.717) is 12.5 Å². The molecule has 0 radical (unpaired) electrons. The van der Waals surface area contributed by atoms with Gasteiger partial charge in [-0.15, -0.1) is 0 Å². The third-order valence-electron chi connectivity index (χ3n) is 7.67. The molecule has 2 aliphatic rings. The van der Waals surface area contributed by atoms with Crippen molar-refractivity contribution in [1.29, 1.82) is 0 Å². The fraction of sp³-hybridized carbons (Fsp3) is 0.647. The molecule has 0 N–H and O–H groups in total. The molecule has 1 saturated heterocycles. The summed E-state index contributed by atoms with van der Waals surface area (Å²) in [5, 5.41) is 0. The number of hydrogen-bond donors (Lipinski definition) is 0. The van der Waals surface area contributed by atoms with Crippen LogP contribution in [0.2, 0.25) is 0 Å². The average molecular weight is 526 g/mol. The normalized spacial score (nSPS) is 19.4. The van der Waals surface area contributed by atoms with Crippen molar-refractivity contribution in [2.45, 2.75) is 116 Å². The van der Waals surface area contributed by atoms with Crippen LogP contribution in [0.25, 0.3) is 0 Å². The van der Waals surface area contributed by atoms with E-state index >= 15 is 0 Å². The van der Waals surface area contributed by atoms with Gasteiger partial charge in [0, 0.05) is 13.1 Å². The van der Waals surface area contributed by atoms with Crippen molar-refractivity contribution < 1.29 is 13.9 Å². The van der Waals surface area contributed by atoms with Gasteiger partial charge in [-0.1, -0.05) is 72.2 Å². The van der Waals surface area contributed by atoms with Gasteiger partial charge in [0.2, 0.25) is 0 Å². The quantitative estimate of drug-likeness (QED) is 0.360. The third kappa shape index (κ3) is 10.2. The molecule has 1 heterocycles. The molecular formula is C34H52FNO2. The van der Waals surface area contributed by atoms with Gasteiger partial charge in [0.25, 0.3) is 0 Å². The fourth-order valence-corrected chi connectivity index (χ4v) is 5.23. The molecule has 1 unspecified atom stereocenters. The topological polar surface area (TPSA) is 21.7 Å². The molecule has 1 saturated carbocycles. The van der Waals surface area contributed by atoms with Gasteiger partial charge in [-0.05, 0) is 97.7 Å². The standard InChI is InChI=1S/C18H28FNO.C16H24O/c1-18(2,3)15-7-9-16(10-8-15)21-17-6-4-12-20(14-17)13-5-11-19;1-16(2,3)13-9-11-15(12-10-13)17-14-7-5-4-6-8-14/h7-10,17H,4-6,11-14H2,1-3H3;9-12,14H,4-8H2,1-3H3. The van der Waals surface area contributed by atoms with Crippen molar-refractivity contribution in [3.63, 3.8) is 0 Å². The van der Waals surface area contributed by atoms with Crippen LogP contribution in [-0.4, -0.2) is 43.4 Å². The van der Waals surface area contributed by atoms with Crippen LogP contribution in [0.4, 0.5) is 4.39 Å². The van der Waals surface area contributed by atoms with Crippen LogP contribution in [0.1, 0.15) is 104 Å². The van der Waals surface area contributed by atoms with Crippen molar-refractivity contribution in [3.8, 4) is 11.5 Å². The maximum Gasteiger partial charge on any atom is 0.119 e. The Bertz CT molecular complexity index is 921. The number of alkyl halides is 1. The zero-order valence-corrected chi connectivity index (χ0v) is 24.9. The Hall–Kier alpha value is -2.07. The first-order valence-electron chi connectivity index (χ1n) is 14.9. The molecule has 1 aliphatic heterocycles. The van der Waals surface area contributed by atoms with Gasteiger partial charge in [-0.3, -0.25) is 9.29 Å². The Morgan fingerprint density at radius 1 is 0.684 bits per heavy atom. The molecule has 212 valence electrons. The molecular weight excluding hydrogens is 473 g/mol. The first-order chi connectivity index (χ1) is 18.0. The number of rotatable bonds is 7. The lowest BCUT2D eigenvalue weighted by atomic mass is 9.87. The fourth-order valence-electron chi connectivity index (χ4n) is 5.23. The average Bonchev–Trinajstić information content (AvgIpc) is 2.88. The highest BCUT2D eigenvalue weighted by atomic mass is 19.1. The summed E-state index contributed by atoms with van der Waals surface area (Å²) >= 11 is 0. The van der Waals surface area contributed by atoms with Gasteiger partial charge in [0.05, 0.1) is 12.8 Å². The summed E-state index contributed by atoms with van der Waals surface area (Å²) in [6.07, 6.45) is 10.0. The highest BCUT2D eigenvalue weighted by Gasteiger charge is 2.21. The second kappa shape index (κ2) is 14.4. The molecule has 0 spiro atoms. The molecule has 1 aliphatic carbocycles. The van der Waals surface area contributed by atoms with Gasteiger partial charge < -0.3 is 9.47 Å². The number of halogens is 1. The first-order valence-corrected chi connectivity index (χ1v) is 14.9. The number of ether oxygens (including phenoxy) is 2. The van der Waals surface area contributed by atoms with E-state index in [1.54, 1.807) is 0 Å². The van der Waals surface area contributed by atoms with Gasteiger partial charge in [-0.2, -0.15) is 0 Å². The number of benzene rings is 2. The van der Waals surface area contributed by atoms with Crippen molar-refractivity contribution in [3.05, 3.63) is 59.7 Å². The Morgan fingerprint density at radius 3 is 1.63 bits per heavy atom. The Balaban J connectivity index is 0.000000215. The zero-order chi connectivity index (χ0) is 27.6. The van der Waals surface area contributed by atoms with E-state index in [-0.39, 0.29) is 23.6 Å². The molecule has 4 heteroatoms. The lowest BCUT2D eigenvalue weighted by molar-refractivity contribution is 0.0866. The largest absolute Gasteiger partial charge is 0.490 e. The molecule has 3 nitrogen and oxygen atoms in total. The monoisotopic (exact) mass is 525 g/mol. The Kier molecular flexibility index (Phi) is 11.5. The van der Waals surface area contributed by atoms with Gasteiger partial charge >= 0.3 is 0 Å². The van der Waals surface area contributed by atoms with E-state index in [2.05, 4.69) is 95.0 Å². The molecule has 2 fully saturated rings. The van der Waals surface area contributed by atoms with Gasteiger partial charge in [0.1, 0.15) is 17.6 Å². The molecule has 1 atom stereocenters. The summed E-state index contributed by atoms with van der Waals surface area (Å²) in [6, 6.07) is 17.1. The summed E-state index contributed by atoms with van der Waals surface area (Å²) in [5.74, 6) is 1.98. The number of piperidine rings is 1. The summed E-state index contributed by atoms with van der Waals surface area (Å²) in [4.78, 5) is 2.32. The van der Waals surface area contributed by atoms with Crippen LogP contribution >= 0.6 is 0 Å². The van der Waals surface area contributed by atoms with E-state index in [9.17, 15) is 4.39 Å². The minimum Gasteiger partial charge on any atom is -0.490 e. The Morgan fingerprint density at radius 2 is 1.16 bits per heavy atom. The van der Waals surface area contributed by atoms with Gasteiger partial charge in [-0.25, -0.2) is 0 Å². The van der Waals surface area contributed by atoms with Gasteiger partial charge in [0.15, 0.2) is 0 Å². The first kappa shape index (κ1) is 30.5. The SMILES string of the molecule is CC(C)(C)c1ccc(OC2CCCCC2)cc1.CC(C)(C)c1ccc(OC2CCCN(CCCF)C2)cc1. The van der Waals surface area contributed by atoms with Crippen LogP contribution in [-0.2, 0) is 10.8 Å². The van der Waals surface area contributed by atoms with Crippen molar-refractivity contribution in [2.75, 3.05) is 26.3 Å². The highest BCUT2D eigenvalue weighted by Crippen LogP contribution is 2.28. The smallest absolute Gasteiger partial charge is 0.119 e. The molecule has 4 rings (SSSR count). The van der Waals surface area contributed by atoms with Crippen LogP contribution in [0, 0.1) is 0 Å². The predicted molar refractivity (Wildman–Crippen MR) is 158 cm³/mol. The maximum atomic E-state index is 12.3. The molecule has 2 aromatic rings. The third-order valence-corrected chi connectivity index (χ3v) is 7.67.